The molecule has 0 saturated carbocycles. The van der Waals surface area contributed by atoms with Crippen molar-refractivity contribution in [1.82, 2.24) is 0 Å². The lowest BCUT2D eigenvalue weighted by Gasteiger charge is -2.26. The van der Waals surface area contributed by atoms with Gasteiger partial charge in [0, 0.05) is 17.6 Å². The summed E-state index contributed by atoms with van der Waals surface area (Å²) in [7, 11) is 4.59. The number of esters is 1. The van der Waals surface area contributed by atoms with E-state index in [1.165, 1.54) is 20.5 Å². The topological polar surface area (TPSA) is 102 Å². The van der Waals surface area contributed by atoms with E-state index in [1.54, 1.807) is 43.5 Å². The zero-order valence-electron chi connectivity index (χ0n) is 20.2. The molecular formula is C26H28O9. The summed E-state index contributed by atoms with van der Waals surface area (Å²) in [6.45, 7) is 3.76. The van der Waals surface area contributed by atoms with Crippen LogP contribution in [0.2, 0.25) is 0 Å². The van der Waals surface area contributed by atoms with E-state index in [0.717, 1.165) is 0 Å². The molecule has 4 rings (SSSR count). The minimum atomic E-state index is -2.04. The lowest BCUT2D eigenvalue weighted by Crippen LogP contribution is -2.29. The highest BCUT2D eigenvalue weighted by atomic mass is 16.7. The molecule has 2 aliphatic heterocycles. The lowest BCUT2D eigenvalue weighted by atomic mass is 9.89. The fourth-order valence-electron chi connectivity index (χ4n) is 4.05. The van der Waals surface area contributed by atoms with Gasteiger partial charge in [-0.1, -0.05) is 0 Å². The van der Waals surface area contributed by atoms with Crippen LogP contribution in [0.1, 0.15) is 25.0 Å². The molecule has 0 bridgehead atoms. The summed E-state index contributed by atoms with van der Waals surface area (Å²) in [6.07, 6.45) is 1.32. The first kappa shape index (κ1) is 24.3. The van der Waals surface area contributed by atoms with Crippen molar-refractivity contribution >= 4 is 5.97 Å². The van der Waals surface area contributed by atoms with Crippen molar-refractivity contribution in [3.05, 3.63) is 70.7 Å². The lowest BCUT2D eigenvalue weighted by molar-refractivity contribution is -0.186. The van der Waals surface area contributed by atoms with E-state index in [0.29, 0.717) is 34.1 Å². The number of carbonyl (C=O) groups is 1. The largest absolute Gasteiger partial charge is 0.497 e. The summed E-state index contributed by atoms with van der Waals surface area (Å²) in [5.41, 5.74) is 1.43. The Labute approximate surface area is 203 Å². The van der Waals surface area contributed by atoms with Crippen LogP contribution in [-0.4, -0.2) is 45.3 Å². The van der Waals surface area contributed by atoms with Gasteiger partial charge in [-0.2, -0.15) is 0 Å². The molecule has 2 heterocycles. The number of hydrogen-bond acceptors (Lipinski definition) is 9. The first-order valence-corrected chi connectivity index (χ1v) is 11.0. The maximum Gasteiger partial charge on any atom is 0.345 e. The Kier molecular flexibility index (Phi) is 6.79. The number of methoxy groups -OCH3 is 3. The number of benzene rings is 2. The number of ether oxygens (including phenoxy) is 7. The molecule has 0 saturated heterocycles. The maximum atomic E-state index is 13.0. The fraction of sp³-hybridized carbons (Fsp3) is 0.346. The molecule has 0 radical (unpaired) electrons. The van der Waals surface area contributed by atoms with Gasteiger partial charge in [-0.15, -0.1) is 0 Å². The zero-order valence-corrected chi connectivity index (χ0v) is 20.2. The van der Waals surface area contributed by atoms with Crippen LogP contribution in [0.25, 0.3) is 0 Å². The Bertz CT molecular complexity index is 1160. The first-order valence-electron chi connectivity index (χ1n) is 11.0. The number of hydrogen-bond donors (Lipinski definition) is 1. The summed E-state index contributed by atoms with van der Waals surface area (Å²) in [5, 5.41) is 11.7. The predicted octanol–water partition coefficient (Wildman–Crippen LogP) is 3.59. The van der Waals surface area contributed by atoms with Gasteiger partial charge in [-0.05, 0) is 55.8 Å². The molecule has 2 aromatic carbocycles. The van der Waals surface area contributed by atoms with E-state index in [9.17, 15) is 9.90 Å². The second-order valence-corrected chi connectivity index (χ2v) is 8.20. The molecule has 9 nitrogen and oxygen atoms in total. The number of rotatable bonds is 9. The minimum Gasteiger partial charge on any atom is -0.497 e. The van der Waals surface area contributed by atoms with Crippen molar-refractivity contribution in [2.24, 2.45) is 0 Å². The van der Waals surface area contributed by atoms with Crippen LogP contribution in [0.5, 0.6) is 23.0 Å². The Morgan fingerprint density at radius 2 is 1.74 bits per heavy atom. The van der Waals surface area contributed by atoms with E-state index in [2.05, 4.69) is 0 Å². The molecular weight excluding hydrogens is 456 g/mol. The average molecular weight is 485 g/mol. The molecule has 0 aliphatic carbocycles. The summed E-state index contributed by atoms with van der Waals surface area (Å²) >= 11 is 0. The van der Waals surface area contributed by atoms with Gasteiger partial charge in [0.25, 0.3) is 5.79 Å². The van der Waals surface area contributed by atoms with Crippen molar-refractivity contribution < 1.29 is 43.1 Å². The van der Waals surface area contributed by atoms with E-state index in [4.69, 9.17) is 33.2 Å². The van der Waals surface area contributed by atoms with E-state index in [-0.39, 0.29) is 36.2 Å². The van der Waals surface area contributed by atoms with Crippen LogP contribution < -0.4 is 18.9 Å². The van der Waals surface area contributed by atoms with Crippen LogP contribution in [-0.2, 0) is 31.2 Å². The van der Waals surface area contributed by atoms with Gasteiger partial charge >= 0.3 is 5.97 Å². The number of cyclic esters (lactones) is 1. The Morgan fingerprint density at radius 3 is 2.31 bits per heavy atom. The SMILES string of the molecule is COc1ccc(C2(O)OC(=O)C(C3=COCO3)=C2Cc2cc(OC)c(OC)c(OC(C)C)c2)cc1. The summed E-state index contributed by atoms with van der Waals surface area (Å²) < 4.78 is 38.4. The quantitative estimate of drug-likeness (QED) is 0.535. The number of aliphatic hydroxyl groups is 1. The molecule has 9 heteroatoms. The molecule has 0 spiro atoms. The minimum absolute atomic E-state index is 0.0386. The Morgan fingerprint density at radius 1 is 1.03 bits per heavy atom. The van der Waals surface area contributed by atoms with Crippen molar-refractivity contribution in [2.75, 3.05) is 28.1 Å². The predicted molar refractivity (Wildman–Crippen MR) is 124 cm³/mol. The summed E-state index contributed by atoms with van der Waals surface area (Å²) in [6, 6.07) is 10.2. The second-order valence-electron chi connectivity index (χ2n) is 8.20. The van der Waals surface area contributed by atoms with Gasteiger partial charge < -0.3 is 38.3 Å². The van der Waals surface area contributed by atoms with Crippen LogP contribution in [0, 0.1) is 0 Å². The summed E-state index contributed by atoms with van der Waals surface area (Å²) in [4.78, 5) is 13.0. The highest BCUT2D eigenvalue weighted by molar-refractivity contribution is 5.97. The van der Waals surface area contributed by atoms with Crippen LogP contribution in [0.4, 0.5) is 0 Å². The van der Waals surface area contributed by atoms with Gasteiger partial charge in [0.05, 0.1) is 27.4 Å². The monoisotopic (exact) mass is 484 g/mol. The third kappa shape index (κ3) is 4.59. The molecule has 0 fully saturated rings. The van der Waals surface area contributed by atoms with Gasteiger partial charge in [0.2, 0.25) is 12.5 Å². The average Bonchev–Trinajstić information content (AvgIpc) is 3.45. The molecule has 35 heavy (non-hydrogen) atoms. The van der Waals surface area contributed by atoms with Gasteiger partial charge in [-0.3, -0.25) is 0 Å². The van der Waals surface area contributed by atoms with Crippen molar-refractivity contribution in [1.29, 1.82) is 0 Å². The Hall–Kier alpha value is -3.85. The van der Waals surface area contributed by atoms with Gasteiger partial charge in [0.1, 0.15) is 17.6 Å². The van der Waals surface area contributed by atoms with Crippen molar-refractivity contribution in [2.45, 2.75) is 32.2 Å². The van der Waals surface area contributed by atoms with Crippen molar-refractivity contribution in [3.63, 3.8) is 0 Å². The highest BCUT2D eigenvalue weighted by Crippen LogP contribution is 2.46. The Balaban J connectivity index is 1.85. The number of carbonyl (C=O) groups excluding carboxylic acids is 1. The molecule has 2 aliphatic rings. The second kappa shape index (κ2) is 9.79. The standard InChI is InChI=1S/C26H28O9/c1-15(2)34-21-12-16(11-20(30-4)24(21)31-5)10-19-23(22-13-32-14-33-22)25(27)35-26(19,28)17-6-8-18(29-3)9-7-17/h6-9,11-13,15,28H,10,14H2,1-5H3. The van der Waals surface area contributed by atoms with E-state index < -0.39 is 11.8 Å². The third-order valence-corrected chi connectivity index (χ3v) is 5.60. The first-order chi connectivity index (χ1) is 16.8. The van der Waals surface area contributed by atoms with Gasteiger partial charge in [0.15, 0.2) is 17.3 Å². The van der Waals surface area contributed by atoms with Crippen LogP contribution in [0.3, 0.4) is 0 Å². The molecule has 1 atom stereocenters. The third-order valence-electron chi connectivity index (χ3n) is 5.60. The smallest absolute Gasteiger partial charge is 0.345 e. The van der Waals surface area contributed by atoms with Crippen molar-refractivity contribution in [3.8, 4) is 23.0 Å². The molecule has 0 amide bonds. The molecule has 1 unspecified atom stereocenters. The maximum absolute atomic E-state index is 13.0. The molecule has 186 valence electrons. The highest BCUT2D eigenvalue weighted by Gasteiger charge is 2.49. The van der Waals surface area contributed by atoms with Gasteiger partial charge in [-0.25, -0.2) is 4.79 Å². The molecule has 0 aromatic heterocycles. The molecule has 2 aromatic rings. The van der Waals surface area contributed by atoms with Crippen LogP contribution >= 0.6 is 0 Å². The normalized spacial score (nSPS) is 19.2. The zero-order chi connectivity index (χ0) is 25.2. The molecule has 1 N–H and O–H groups in total. The van der Waals surface area contributed by atoms with Crippen LogP contribution in [0.15, 0.2) is 59.6 Å². The van der Waals surface area contributed by atoms with E-state index in [1.807, 2.05) is 13.8 Å². The summed E-state index contributed by atoms with van der Waals surface area (Å²) in [5.74, 6) is -0.630. The van der Waals surface area contributed by atoms with E-state index >= 15 is 0 Å². The fourth-order valence-corrected chi connectivity index (χ4v) is 4.05.